The van der Waals surface area contributed by atoms with Crippen molar-refractivity contribution in [2.45, 2.75) is 57.9 Å². The van der Waals surface area contributed by atoms with Crippen LogP contribution >= 0.6 is 11.5 Å². The van der Waals surface area contributed by atoms with Gasteiger partial charge in [0.05, 0.1) is 17.7 Å². The molecule has 0 aliphatic carbocycles. The summed E-state index contributed by atoms with van der Waals surface area (Å²) in [6, 6.07) is 0.328. The lowest BCUT2D eigenvalue weighted by Gasteiger charge is -2.27. The molecule has 0 spiro atoms. The van der Waals surface area contributed by atoms with Gasteiger partial charge in [0, 0.05) is 31.7 Å². The highest BCUT2D eigenvalue weighted by Crippen LogP contribution is 2.37. The van der Waals surface area contributed by atoms with Crippen LogP contribution in [0, 0.1) is 0 Å². The first kappa shape index (κ1) is 14.7. The van der Waals surface area contributed by atoms with Crippen LogP contribution in [0.5, 0.6) is 0 Å². The second-order valence-corrected chi connectivity index (χ2v) is 7.22. The number of aromatic nitrogens is 2. The highest BCUT2D eigenvalue weighted by molar-refractivity contribution is 7.09. The van der Waals surface area contributed by atoms with Gasteiger partial charge in [0.25, 0.3) is 0 Å². The molecule has 0 saturated carbocycles. The van der Waals surface area contributed by atoms with E-state index in [2.05, 4.69) is 42.4 Å². The Hall–Kier alpha value is -0.720. The zero-order valence-electron chi connectivity index (χ0n) is 12.6. The highest BCUT2D eigenvalue weighted by Gasteiger charge is 2.45. The van der Waals surface area contributed by atoms with Gasteiger partial charge in [-0.3, -0.25) is 0 Å². The van der Waals surface area contributed by atoms with Gasteiger partial charge < -0.3 is 15.0 Å². The maximum absolute atomic E-state index is 6.07. The van der Waals surface area contributed by atoms with Crippen LogP contribution < -0.4 is 10.2 Å². The standard InChI is InChI=1S/C13H24N4OS/c1-12(2)7-9(13(3,4)18-12)14-8-10-15-11(17(5)6)19-16-10/h9,14H,7-8H2,1-6H3. The first-order chi connectivity index (χ1) is 8.70. The minimum Gasteiger partial charge on any atom is -0.368 e. The molecular weight excluding hydrogens is 260 g/mol. The van der Waals surface area contributed by atoms with E-state index < -0.39 is 0 Å². The molecule has 1 aromatic heterocycles. The molecule has 1 aliphatic heterocycles. The number of ether oxygens (including phenoxy) is 1. The number of rotatable bonds is 4. The number of anilines is 1. The van der Waals surface area contributed by atoms with Gasteiger partial charge in [-0.2, -0.15) is 4.37 Å². The van der Waals surface area contributed by atoms with Crippen LogP contribution in [-0.2, 0) is 11.3 Å². The number of nitrogens with one attached hydrogen (secondary N) is 1. The van der Waals surface area contributed by atoms with Gasteiger partial charge in [-0.05, 0) is 34.1 Å². The molecule has 1 N–H and O–H groups in total. The molecule has 0 bridgehead atoms. The first-order valence-corrected chi connectivity index (χ1v) is 7.40. The van der Waals surface area contributed by atoms with E-state index in [0.29, 0.717) is 12.6 Å². The fourth-order valence-corrected chi connectivity index (χ4v) is 3.19. The summed E-state index contributed by atoms with van der Waals surface area (Å²) in [5.41, 5.74) is -0.213. The monoisotopic (exact) mass is 284 g/mol. The summed E-state index contributed by atoms with van der Waals surface area (Å²) in [5.74, 6) is 0.856. The Morgan fingerprint density at radius 1 is 1.37 bits per heavy atom. The molecule has 5 nitrogen and oxygen atoms in total. The topological polar surface area (TPSA) is 50.3 Å². The van der Waals surface area contributed by atoms with Crippen LogP contribution in [0.4, 0.5) is 5.13 Å². The van der Waals surface area contributed by atoms with Crippen LogP contribution in [0.25, 0.3) is 0 Å². The maximum Gasteiger partial charge on any atom is 0.204 e. The molecule has 1 unspecified atom stereocenters. The smallest absolute Gasteiger partial charge is 0.204 e. The van der Waals surface area contributed by atoms with Crippen molar-refractivity contribution in [3.05, 3.63) is 5.82 Å². The van der Waals surface area contributed by atoms with Gasteiger partial charge in [0.1, 0.15) is 0 Å². The van der Waals surface area contributed by atoms with Crippen molar-refractivity contribution in [1.29, 1.82) is 0 Å². The van der Waals surface area contributed by atoms with E-state index in [0.717, 1.165) is 17.4 Å². The summed E-state index contributed by atoms with van der Waals surface area (Å²) >= 11 is 1.43. The van der Waals surface area contributed by atoms with Crippen molar-refractivity contribution in [2.75, 3.05) is 19.0 Å². The lowest BCUT2D eigenvalue weighted by Crippen LogP contribution is -2.43. The van der Waals surface area contributed by atoms with E-state index in [-0.39, 0.29) is 11.2 Å². The van der Waals surface area contributed by atoms with Crippen molar-refractivity contribution >= 4 is 16.7 Å². The highest BCUT2D eigenvalue weighted by atomic mass is 32.1. The largest absolute Gasteiger partial charge is 0.368 e. The summed E-state index contributed by atoms with van der Waals surface area (Å²) < 4.78 is 10.4. The first-order valence-electron chi connectivity index (χ1n) is 6.63. The molecule has 0 amide bonds. The molecule has 19 heavy (non-hydrogen) atoms. The molecule has 108 valence electrons. The Kier molecular flexibility index (Phi) is 3.86. The van der Waals surface area contributed by atoms with Gasteiger partial charge in [0.15, 0.2) is 5.82 Å². The van der Waals surface area contributed by atoms with Gasteiger partial charge in [-0.25, -0.2) is 4.98 Å². The number of hydrogen-bond donors (Lipinski definition) is 1. The van der Waals surface area contributed by atoms with E-state index in [4.69, 9.17) is 4.74 Å². The molecule has 2 rings (SSSR count). The Morgan fingerprint density at radius 2 is 2.05 bits per heavy atom. The maximum atomic E-state index is 6.07. The zero-order chi connectivity index (χ0) is 14.3. The predicted molar refractivity (Wildman–Crippen MR) is 78.7 cm³/mol. The van der Waals surface area contributed by atoms with Crippen molar-refractivity contribution in [2.24, 2.45) is 0 Å². The van der Waals surface area contributed by atoms with E-state index in [1.54, 1.807) is 0 Å². The second-order valence-electron chi connectivity index (χ2n) is 6.49. The third-order valence-corrected chi connectivity index (χ3v) is 4.34. The van der Waals surface area contributed by atoms with Crippen LogP contribution in [0.1, 0.15) is 39.9 Å². The van der Waals surface area contributed by atoms with Gasteiger partial charge >= 0.3 is 0 Å². The average Bonchev–Trinajstić information content (AvgIpc) is 2.77. The average molecular weight is 284 g/mol. The van der Waals surface area contributed by atoms with Crippen LogP contribution in [-0.4, -0.2) is 40.7 Å². The summed E-state index contributed by atoms with van der Waals surface area (Å²) in [4.78, 5) is 6.46. The Labute approximate surface area is 119 Å². The molecule has 0 radical (unpaired) electrons. The quantitative estimate of drug-likeness (QED) is 0.917. The van der Waals surface area contributed by atoms with Crippen molar-refractivity contribution in [3.8, 4) is 0 Å². The Balaban J connectivity index is 1.95. The Bertz CT molecular complexity index is 442. The fourth-order valence-electron chi connectivity index (χ4n) is 2.59. The lowest BCUT2D eigenvalue weighted by molar-refractivity contribution is -0.0699. The van der Waals surface area contributed by atoms with E-state index >= 15 is 0 Å². The van der Waals surface area contributed by atoms with E-state index in [1.807, 2.05) is 19.0 Å². The van der Waals surface area contributed by atoms with E-state index in [1.165, 1.54) is 11.5 Å². The van der Waals surface area contributed by atoms with Gasteiger partial charge in [-0.15, -0.1) is 0 Å². The van der Waals surface area contributed by atoms with Gasteiger partial charge in [-0.1, -0.05) is 0 Å². The molecule has 1 fully saturated rings. The third kappa shape index (κ3) is 3.43. The SMILES string of the molecule is CN(C)c1nc(CNC2CC(C)(C)OC2(C)C)ns1. The summed E-state index contributed by atoms with van der Waals surface area (Å²) in [6.45, 7) is 9.25. The lowest BCUT2D eigenvalue weighted by atomic mass is 9.94. The van der Waals surface area contributed by atoms with Crippen LogP contribution in [0.2, 0.25) is 0 Å². The zero-order valence-corrected chi connectivity index (χ0v) is 13.5. The number of nitrogens with zero attached hydrogens (tertiary/aromatic N) is 3. The molecule has 1 aliphatic rings. The molecule has 1 aromatic rings. The van der Waals surface area contributed by atoms with Crippen LogP contribution in [0.15, 0.2) is 0 Å². The molecule has 1 saturated heterocycles. The molecule has 1 atom stereocenters. The van der Waals surface area contributed by atoms with E-state index in [9.17, 15) is 0 Å². The molecular formula is C13H24N4OS. The summed E-state index contributed by atoms with van der Waals surface area (Å²) in [5, 5.41) is 4.48. The molecule has 0 aromatic carbocycles. The van der Waals surface area contributed by atoms with Crippen molar-refractivity contribution in [3.63, 3.8) is 0 Å². The second kappa shape index (κ2) is 5.00. The van der Waals surface area contributed by atoms with Gasteiger partial charge in [0.2, 0.25) is 5.13 Å². The fraction of sp³-hybridized carbons (Fsp3) is 0.846. The van der Waals surface area contributed by atoms with Crippen molar-refractivity contribution < 1.29 is 4.74 Å². The minimum atomic E-state index is -0.149. The van der Waals surface area contributed by atoms with Crippen molar-refractivity contribution in [1.82, 2.24) is 14.7 Å². The summed E-state index contributed by atoms with van der Waals surface area (Å²) in [6.07, 6.45) is 1.00. The predicted octanol–water partition coefficient (Wildman–Crippen LogP) is 2.04. The molecule has 6 heteroatoms. The molecule has 2 heterocycles. The third-order valence-electron chi connectivity index (χ3n) is 3.42. The normalized spacial score (nSPS) is 24.6. The minimum absolute atomic E-state index is 0.0640. The number of hydrogen-bond acceptors (Lipinski definition) is 6. The summed E-state index contributed by atoms with van der Waals surface area (Å²) in [7, 11) is 3.96. The van der Waals surface area contributed by atoms with Crippen LogP contribution in [0.3, 0.4) is 0 Å². The Morgan fingerprint density at radius 3 is 2.53 bits per heavy atom.